The normalized spacial score (nSPS) is 13.2. The van der Waals surface area contributed by atoms with Gasteiger partial charge in [-0.05, 0) is 205 Å². The molecule has 568 valence electrons. The Balaban J connectivity index is 0.000000151. The van der Waals surface area contributed by atoms with Crippen LogP contribution in [0.3, 0.4) is 0 Å². The zero-order valence-corrected chi connectivity index (χ0v) is 65.5. The van der Waals surface area contributed by atoms with Crippen molar-refractivity contribution in [1.29, 1.82) is 0 Å². The number of fused-ring (bicyclic) bond motifs is 11. The van der Waals surface area contributed by atoms with E-state index in [-0.39, 0.29) is 27.8 Å². The molecule has 0 atom stereocenters. The van der Waals surface area contributed by atoms with E-state index in [4.69, 9.17) is 49.2 Å². The average Bonchev–Trinajstić information content (AvgIpc) is 1.59. The molecule has 1 aliphatic heterocycles. The van der Waals surface area contributed by atoms with Gasteiger partial charge in [-0.25, -0.2) is 29.7 Å². The summed E-state index contributed by atoms with van der Waals surface area (Å²) in [7, 11) is -0.534. The maximum atomic E-state index is 12.8. The predicted molar refractivity (Wildman–Crippen MR) is 443 cm³/mol. The molecule has 5 aromatic carbocycles. The van der Waals surface area contributed by atoms with Crippen molar-refractivity contribution < 1.29 is 37.0 Å². The van der Waals surface area contributed by atoms with Crippen LogP contribution in [-0.2, 0) is 18.6 Å². The molecule has 11 aromatic heterocycles. The minimum atomic E-state index is -3.22. The largest absolute Gasteiger partial charge is 0.497 e. The molecule has 0 unspecified atom stereocenters. The van der Waals surface area contributed by atoms with Gasteiger partial charge >= 0.3 is 18.4 Å². The van der Waals surface area contributed by atoms with E-state index in [1.54, 1.807) is 11.5 Å². The Morgan fingerprint density at radius 1 is 0.514 bits per heavy atom. The molecule has 0 saturated carbocycles. The lowest BCUT2D eigenvalue weighted by Crippen LogP contribution is -2.41. The van der Waals surface area contributed by atoms with E-state index in [2.05, 4.69) is 138 Å². The number of aromatic nitrogens is 14. The fourth-order valence-corrected chi connectivity index (χ4v) is 14.1. The summed E-state index contributed by atoms with van der Waals surface area (Å²) in [6.45, 7) is 34.8. The number of ether oxygens (including phenoxy) is 1. The third-order valence-electron chi connectivity index (χ3n) is 19.0. The van der Waals surface area contributed by atoms with Crippen molar-refractivity contribution in [3.8, 4) is 44.6 Å². The van der Waals surface area contributed by atoms with Crippen molar-refractivity contribution >= 4 is 157 Å². The molecule has 17 rings (SSSR count). The lowest BCUT2D eigenvalue weighted by molar-refractivity contribution is 0.00578. The lowest BCUT2D eigenvalue weighted by Gasteiger charge is -2.32. The highest BCUT2D eigenvalue weighted by Gasteiger charge is 2.53. The molecule has 0 bridgehead atoms. The van der Waals surface area contributed by atoms with E-state index in [0.717, 1.165) is 173 Å². The summed E-state index contributed by atoms with van der Waals surface area (Å²) in [5.41, 5.74) is 19.0. The Bertz CT molecular complexity index is 6200. The Kier molecular flexibility index (Phi) is 23.1. The molecule has 1 saturated heterocycles. The molecule has 1 aliphatic rings. The summed E-state index contributed by atoms with van der Waals surface area (Å²) < 4.78 is 45.1. The first kappa shape index (κ1) is 81.6. The fraction of sp³-hybridized carbons (Fsp3) is 0.300. The summed E-state index contributed by atoms with van der Waals surface area (Å²) in [6.07, 6.45) is -0.394. The number of H-pyrrole nitrogens is 5. The standard InChI is InChI=1S/C25H21N5O.C20H28BNO4.C16H13ClN4O.C16H14N4O2.3CH4.Cl3OP/c1-12-22(17-7-5-6-8-19(17)26-12)24-23-18-10-9-16(21-13(2)30-31-14(21)3)11-20(18)29-25(23)28-15(4)27-24;1-13-16(21-25-19(5,6)20(7,8)26-21)14-11-9-10-12-15(14)22(13)17(23)24-18(2,3)4;1-7-13(8(2)22-21-7)10-4-5-11-12(6-10)20-16-14(11)15(17)18-9(3)19-16;1-7-13(8(2)22-20-7)10-4-5-11-12(6-10)19-15-14(11)16(21)18-9(3)17-15;;;;1-5(2,3)4/h5-11,26H,1-4H3,(H,27,28,29);9-12H,1-8H3;4-6H,1-3H3,(H,18,19,20);4-6H,1-3H3,(H2,17,18,19,21);3*1H4;. The number of hydrogen-bond acceptors (Lipinski definition) is 17. The summed E-state index contributed by atoms with van der Waals surface area (Å²) in [5.74, 6) is 4.38. The van der Waals surface area contributed by atoms with Crippen molar-refractivity contribution in [2.75, 3.05) is 0 Å². The minimum absolute atomic E-state index is 0. The van der Waals surface area contributed by atoms with Crippen molar-refractivity contribution in [1.82, 2.24) is 69.9 Å². The average molecular weight is 1570 g/mol. The van der Waals surface area contributed by atoms with E-state index in [0.29, 0.717) is 27.8 Å². The van der Waals surface area contributed by atoms with Gasteiger partial charge in [-0.1, -0.05) is 122 Å². The number of halogens is 4. The van der Waals surface area contributed by atoms with Crippen LogP contribution >= 0.6 is 50.5 Å². The number of hydrogen-bond donors (Lipinski definition) is 5. The van der Waals surface area contributed by atoms with E-state index < -0.39 is 35.2 Å². The van der Waals surface area contributed by atoms with Crippen molar-refractivity contribution in [3.05, 3.63) is 182 Å². The highest BCUT2D eigenvalue weighted by Crippen LogP contribution is 2.61. The number of carbonyl (C=O) groups excluding carboxylic acids is 1. The molecule has 12 heterocycles. The van der Waals surface area contributed by atoms with Crippen LogP contribution in [0.1, 0.15) is 134 Å². The highest BCUT2D eigenvalue weighted by molar-refractivity contribution is 8.24. The summed E-state index contributed by atoms with van der Waals surface area (Å²) >= 11 is 20.1. The molecule has 1 fully saturated rings. The monoisotopic (exact) mass is 1570 g/mol. The molecule has 0 aliphatic carbocycles. The van der Waals surface area contributed by atoms with Crippen LogP contribution in [0.2, 0.25) is 5.15 Å². The Hall–Kier alpha value is -9.91. The van der Waals surface area contributed by atoms with Crippen LogP contribution in [0, 0.1) is 76.2 Å². The van der Waals surface area contributed by atoms with Gasteiger partial charge in [0.2, 0.25) is 0 Å². The van der Waals surface area contributed by atoms with Crippen LogP contribution in [0.25, 0.3) is 132 Å². The van der Waals surface area contributed by atoms with Gasteiger partial charge in [0, 0.05) is 88.1 Å². The summed E-state index contributed by atoms with van der Waals surface area (Å²) in [5, 5.41) is 16.9. The van der Waals surface area contributed by atoms with E-state index in [9.17, 15) is 14.2 Å². The van der Waals surface area contributed by atoms with Crippen LogP contribution in [0.5, 0.6) is 0 Å². The second-order valence-corrected chi connectivity index (χ2v) is 35.2. The lowest BCUT2D eigenvalue weighted by atomic mass is 9.77. The van der Waals surface area contributed by atoms with Gasteiger partial charge in [-0.3, -0.25) is 13.9 Å². The molecule has 23 nitrogen and oxygen atoms in total. The number of nitrogens with one attached hydrogen (secondary N) is 5. The molecule has 0 radical (unpaired) electrons. The van der Waals surface area contributed by atoms with Gasteiger partial charge in [0.15, 0.2) is 0 Å². The first-order valence-electron chi connectivity index (χ1n) is 34.0. The van der Waals surface area contributed by atoms with Crippen LogP contribution < -0.4 is 11.0 Å². The second-order valence-electron chi connectivity index (χ2n) is 28.2. The van der Waals surface area contributed by atoms with Gasteiger partial charge in [0.25, 0.3) is 5.56 Å². The Labute approximate surface area is 649 Å². The maximum Gasteiger partial charge on any atom is 0.497 e. The molecule has 29 heteroatoms. The van der Waals surface area contributed by atoms with Crippen molar-refractivity contribution in [2.45, 2.75) is 164 Å². The minimum Gasteiger partial charge on any atom is -0.443 e. The molecule has 0 amide bonds. The number of rotatable bonds is 5. The molecule has 109 heavy (non-hydrogen) atoms. The van der Waals surface area contributed by atoms with E-state index in [1.165, 1.54) is 5.39 Å². The molecular weight excluding hydrogens is 1480 g/mol. The number of para-hydroxylation sites is 2. The van der Waals surface area contributed by atoms with E-state index >= 15 is 0 Å². The SMILES string of the molecule is C.C.C.Cc1c(B2OC(C)(C)C(C)(C)O2)c2ccccc2n1C(=O)OC(C)(C)C.Cc1nc(-c2c(C)[nH]c3ccccc23)c2c(n1)[nH]c1cc(-c3c(C)noc3C)ccc12.Cc1nc(Cl)c2c(n1)[nH]c1cc(-c3c(C)noc3C)ccc12.Cc1nc2[nH]c3cc(-c4c(C)noc4C)ccc3c2c(=O)[nH]1.O=P(Cl)(Cl)Cl. The van der Waals surface area contributed by atoms with Crippen molar-refractivity contribution in [3.63, 3.8) is 0 Å². The third kappa shape index (κ3) is 16.0. The summed E-state index contributed by atoms with van der Waals surface area (Å²) in [4.78, 5) is 63.9. The van der Waals surface area contributed by atoms with Gasteiger partial charge < -0.3 is 52.5 Å². The fourth-order valence-electron chi connectivity index (χ4n) is 13.8. The maximum absolute atomic E-state index is 12.8. The number of aryl methyl sites for hydroxylation is 10. The molecule has 5 N–H and O–H groups in total. The molecule has 16 aromatic rings. The van der Waals surface area contributed by atoms with Gasteiger partial charge in [-0.2, -0.15) is 0 Å². The smallest absolute Gasteiger partial charge is 0.443 e. The van der Waals surface area contributed by atoms with Crippen LogP contribution in [0.15, 0.2) is 121 Å². The second kappa shape index (κ2) is 30.9. The Morgan fingerprint density at radius 3 is 1.40 bits per heavy atom. The van der Waals surface area contributed by atoms with Crippen LogP contribution in [-0.4, -0.2) is 99.9 Å². The van der Waals surface area contributed by atoms with Gasteiger partial charge in [-0.15, -0.1) is 0 Å². The number of aromatic amines is 5. The van der Waals surface area contributed by atoms with E-state index in [1.807, 2.05) is 171 Å². The first-order valence-corrected chi connectivity index (χ1v) is 38.8. The highest BCUT2D eigenvalue weighted by atomic mass is 36.0. The topological polar surface area (TPSA) is 305 Å². The third-order valence-corrected chi connectivity index (χ3v) is 19.3. The zero-order valence-electron chi connectivity index (χ0n) is 61.6. The van der Waals surface area contributed by atoms with Gasteiger partial charge in [0.05, 0.1) is 55.7 Å². The molecule has 0 spiro atoms. The van der Waals surface area contributed by atoms with Gasteiger partial charge in [0.1, 0.15) is 62.4 Å². The quantitative estimate of drug-likeness (QED) is 0.0607. The first-order chi connectivity index (χ1) is 49.9. The zero-order chi connectivity index (χ0) is 76.1. The number of nitrogens with zero attached hydrogens (tertiary/aromatic N) is 9. The van der Waals surface area contributed by atoms with Crippen molar-refractivity contribution in [2.24, 2.45) is 0 Å². The van der Waals surface area contributed by atoms with Crippen LogP contribution in [0.4, 0.5) is 4.79 Å². The predicted octanol–water partition coefficient (Wildman–Crippen LogP) is 22.2. The Morgan fingerprint density at radius 2 is 0.936 bits per heavy atom. The summed E-state index contributed by atoms with van der Waals surface area (Å²) in [6, 6.07) is 34.6. The molecular formula is C80H88BCl4N14O9P. The number of benzene rings is 5. The number of carbonyl (C=O) groups is 1.